The van der Waals surface area contributed by atoms with Gasteiger partial charge in [-0.2, -0.15) is 0 Å². The third-order valence-electron chi connectivity index (χ3n) is 0.500. The molecule has 0 saturated carbocycles. The second-order valence-corrected chi connectivity index (χ2v) is 1.20. The average Bonchev–Trinajstić information content (AvgIpc) is 1.36. The second kappa shape index (κ2) is 1.92. The van der Waals surface area contributed by atoms with E-state index in [2.05, 4.69) is 6.92 Å². The zero-order valence-electron chi connectivity index (χ0n) is 3.73. The van der Waals surface area contributed by atoms with Gasteiger partial charge in [-0.25, -0.2) is 0 Å². The highest BCUT2D eigenvalue weighted by Crippen LogP contribution is 1.77. The standard InChI is InChI=1S/C4H8NO/c1-3(5)4(2)6/h4-6H,2H2,1H3. The van der Waals surface area contributed by atoms with Gasteiger partial charge in [0.2, 0.25) is 0 Å². The Hall–Kier alpha value is -0.370. The van der Waals surface area contributed by atoms with Crippen LogP contribution in [-0.4, -0.2) is 16.9 Å². The summed E-state index contributed by atoms with van der Waals surface area (Å²) in [5, 5.41) is 14.9. The molecule has 0 amide bonds. The molecular weight excluding hydrogens is 78.0 g/mol. The van der Waals surface area contributed by atoms with Crippen molar-refractivity contribution in [2.24, 2.45) is 0 Å². The zero-order valence-corrected chi connectivity index (χ0v) is 3.73. The van der Waals surface area contributed by atoms with E-state index in [0.29, 0.717) is 0 Å². The van der Waals surface area contributed by atoms with Crippen LogP contribution in [0.5, 0.6) is 0 Å². The van der Waals surface area contributed by atoms with Gasteiger partial charge in [-0.05, 0) is 13.8 Å². The molecule has 0 bridgehead atoms. The Balaban J connectivity index is 3.26. The van der Waals surface area contributed by atoms with Crippen molar-refractivity contribution in [3.05, 3.63) is 6.92 Å². The van der Waals surface area contributed by atoms with E-state index in [4.69, 9.17) is 10.5 Å². The van der Waals surface area contributed by atoms with Crippen molar-refractivity contribution in [1.82, 2.24) is 0 Å². The summed E-state index contributed by atoms with van der Waals surface area (Å²) in [5.41, 5.74) is 0.204. The van der Waals surface area contributed by atoms with Gasteiger partial charge < -0.3 is 10.5 Å². The zero-order chi connectivity index (χ0) is 5.15. The molecule has 0 fully saturated rings. The molecule has 0 spiro atoms. The molecule has 1 radical (unpaired) electrons. The Morgan fingerprint density at radius 2 is 2.17 bits per heavy atom. The normalized spacial score (nSPS) is 13.8. The highest BCUT2D eigenvalue weighted by Gasteiger charge is 1.92. The van der Waals surface area contributed by atoms with Crippen LogP contribution >= 0.6 is 0 Å². The molecule has 0 rings (SSSR count). The quantitative estimate of drug-likeness (QED) is 0.440. The molecule has 0 aliphatic carbocycles. The smallest absolute Gasteiger partial charge is 0.0912 e. The Morgan fingerprint density at radius 1 is 2.00 bits per heavy atom. The number of aliphatic hydroxyl groups excluding tert-OH is 1. The van der Waals surface area contributed by atoms with E-state index in [1.165, 1.54) is 6.92 Å². The van der Waals surface area contributed by atoms with Crippen LogP contribution in [0.2, 0.25) is 0 Å². The van der Waals surface area contributed by atoms with E-state index < -0.39 is 6.10 Å². The van der Waals surface area contributed by atoms with Crippen LogP contribution in [0, 0.1) is 12.3 Å². The largest absolute Gasteiger partial charge is 0.387 e. The Labute approximate surface area is 37.3 Å². The van der Waals surface area contributed by atoms with Crippen molar-refractivity contribution in [2.45, 2.75) is 13.0 Å². The van der Waals surface area contributed by atoms with Crippen molar-refractivity contribution < 1.29 is 5.11 Å². The summed E-state index contributed by atoms with van der Waals surface area (Å²) in [7, 11) is 0. The van der Waals surface area contributed by atoms with E-state index in [1.807, 2.05) is 0 Å². The lowest BCUT2D eigenvalue weighted by atomic mass is 10.3. The molecule has 0 saturated heterocycles. The lowest BCUT2D eigenvalue weighted by molar-refractivity contribution is 0.285. The minimum absolute atomic E-state index is 0.204. The molecule has 0 aliphatic rings. The van der Waals surface area contributed by atoms with Gasteiger partial charge >= 0.3 is 0 Å². The van der Waals surface area contributed by atoms with Gasteiger partial charge in [-0.3, -0.25) is 0 Å². The molecule has 35 valence electrons. The first-order valence-electron chi connectivity index (χ1n) is 1.71. The molecule has 0 aromatic rings. The van der Waals surface area contributed by atoms with Crippen LogP contribution in [0.1, 0.15) is 6.92 Å². The van der Waals surface area contributed by atoms with Gasteiger partial charge in [-0.1, -0.05) is 0 Å². The summed E-state index contributed by atoms with van der Waals surface area (Å²) in [5.74, 6) is 0. The fourth-order valence-corrected chi connectivity index (χ4v) is 0. The third kappa shape index (κ3) is 1.91. The van der Waals surface area contributed by atoms with Crippen LogP contribution < -0.4 is 0 Å². The van der Waals surface area contributed by atoms with Gasteiger partial charge in [0.15, 0.2) is 0 Å². The van der Waals surface area contributed by atoms with Gasteiger partial charge in [-0.15, -0.1) is 0 Å². The minimum Gasteiger partial charge on any atom is -0.387 e. The first kappa shape index (κ1) is 5.63. The third-order valence-corrected chi connectivity index (χ3v) is 0.500. The predicted molar refractivity (Wildman–Crippen MR) is 24.8 cm³/mol. The molecular formula is C4H8NO. The highest BCUT2D eigenvalue weighted by atomic mass is 16.3. The molecule has 1 atom stereocenters. The second-order valence-electron chi connectivity index (χ2n) is 1.20. The molecule has 0 heterocycles. The Kier molecular flexibility index (Phi) is 1.81. The van der Waals surface area contributed by atoms with E-state index in [1.54, 1.807) is 0 Å². The maximum atomic E-state index is 8.29. The van der Waals surface area contributed by atoms with Crippen LogP contribution in [0.3, 0.4) is 0 Å². The Bertz CT molecular complexity index is 58.6. The molecule has 6 heavy (non-hydrogen) atoms. The van der Waals surface area contributed by atoms with Crippen LogP contribution in [-0.2, 0) is 0 Å². The fourth-order valence-electron chi connectivity index (χ4n) is 0. The predicted octanol–water partition coefficient (Wildman–Crippen LogP) is 0.221. The lowest BCUT2D eigenvalue weighted by Gasteiger charge is -1.94. The fraction of sp³-hybridized carbons (Fsp3) is 0.500. The molecule has 2 N–H and O–H groups in total. The SMILES string of the molecule is [CH2]C(O)C(C)=N. The molecule has 0 aromatic heterocycles. The van der Waals surface area contributed by atoms with Crippen molar-refractivity contribution >= 4 is 5.71 Å². The molecule has 0 aliphatic heterocycles. The van der Waals surface area contributed by atoms with Gasteiger partial charge in [0.1, 0.15) is 0 Å². The van der Waals surface area contributed by atoms with Crippen molar-refractivity contribution in [3.63, 3.8) is 0 Å². The summed E-state index contributed by atoms with van der Waals surface area (Å²) in [6, 6.07) is 0. The molecule has 2 nitrogen and oxygen atoms in total. The summed E-state index contributed by atoms with van der Waals surface area (Å²) in [6.07, 6.45) is -0.815. The first-order chi connectivity index (χ1) is 2.64. The summed E-state index contributed by atoms with van der Waals surface area (Å²) in [4.78, 5) is 0. The first-order valence-corrected chi connectivity index (χ1v) is 1.71. The lowest BCUT2D eigenvalue weighted by Crippen LogP contribution is -2.09. The average molecular weight is 86.1 g/mol. The van der Waals surface area contributed by atoms with Gasteiger partial charge in [0, 0.05) is 5.71 Å². The van der Waals surface area contributed by atoms with E-state index in [-0.39, 0.29) is 5.71 Å². The summed E-state index contributed by atoms with van der Waals surface area (Å²) in [6.45, 7) is 4.68. The van der Waals surface area contributed by atoms with E-state index in [9.17, 15) is 0 Å². The van der Waals surface area contributed by atoms with E-state index >= 15 is 0 Å². The number of aliphatic hydroxyl groups is 1. The minimum atomic E-state index is -0.815. The van der Waals surface area contributed by atoms with Gasteiger partial charge in [0.05, 0.1) is 6.10 Å². The number of rotatable bonds is 1. The molecule has 1 unspecified atom stereocenters. The molecule has 2 heteroatoms. The number of nitrogens with one attached hydrogen (secondary N) is 1. The van der Waals surface area contributed by atoms with Gasteiger partial charge in [0.25, 0.3) is 0 Å². The monoisotopic (exact) mass is 86.1 g/mol. The highest BCUT2D eigenvalue weighted by molar-refractivity contribution is 5.83. The number of hydrogen-bond acceptors (Lipinski definition) is 2. The van der Waals surface area contributed by atoms with E-state index in [0.717, 1.165) is 0 Å². The van der Waals surface area contributed by atoms with Crippen molar-refractivity contribution in [1.29, 1.82) is 5.41 Å². The maximum Gasteiger partial charge on any atom is 0.0912 e. The topological polar surface area (TPSA) is 44.1 Å². The molecule has 0 aromatic carbocycles. The maximum absolute atomic E-state index is 8.29. The summed E-state index contributed by atoms with van der Waals surface area (Å²) < 4.78 is 0. The number of hydrogen-bond donors (Lipinski definition) is 2. The van der Waals surface area contributed by atoms with Crippen LogP contribution in [0.25, 0.3) is 0 Å². The van der Waals surface area contributed by atoms with Crippen molar-refractivity contribution in [3.8, 4) is 0 Å². The van der Waals surface area contributed by atoms with Crippen LogP contribution in [0.15, 0.2) is 0 Å². The van der Waals surface area contributed by atoms with Crippen LogP contribution in [0.4, 0.5) is 0 Å². The summed E-state index contributed by atoms with van der Waals surface area (Å²) >= 11 is 0. The Morgan fingerprint density at radius 3 is 2.17 bits per heavy atom. The van der Waals surface area contributed by atoms with Crippen molar-refractivity contribution in [2.75, 3.05) is 0 Å².